The highest BCUT2D eigenvalue weighted by molar-refractivity contribution is 5.88. The third kappa shape index (κ3) is 1.52. The van der Waals surface area contributed by atoms with E-state index in [-0.39, 0.29) is 18.2 Å². The number of aryl methyl sites for hydroxylation is 3. The highest BCUT2D eigenvalue weighted by atomic mass is 35.5. The number of H-pyrrole nitrogens is 1. The van der Waals surface area contributed by atoms with Gasteiger partial charge in [0, 0.05) is 11.1 Å². The van der Waals surface area contributed by atoms with Gasteiger partial charge in [0.25, 0.3) is 0 Å². The zero-order valence-electron chi connectivity index (χ0n) is 9.27. The Morgan fingerprint density at radius 2 is 1.94 bits per heavy atom. The molecule has 2 aromatic rings. The number of fused-ring (bicyclic) bond motifs is 3. The molecule has 0 fully saturated rings. The molecule has 0 saturated heterocycles. The van der Waals surface area contributed by atoms with Crippen LogP contribution in [-0.2, 0) is 12.8 Å². The fraction of sp³-hybridized carbons (Fsp3) is 0.385. The van der Waals surface area contributed by atoms with Crippen molar-refractivity contribution < 1.29 is 4.39 Å². The van der Waals surface area contributed by atoms with Crippen LogP contribution in [0.25, 0.3) is 10.9 Å². The fourth-order valence-corrected chi connectivity index (χ4v) is 2.66. The molecule has 1 aromatic carbocycles. The van der Waals surface area contributed by atoms with Crippen molar-refractivity contribution in [2.75, 3.05) is 0 Å². The quantitative estimate of drug-likeness (QED) is 0.717. The number of aromatic nitrogens is 1. The summed E-state index contributed by atoms with van der Waals surface area (Å²) >= 11 is 0. The van der Waals surface area contributed by atoms with Gasteiger partial charge in [-0.25, -0.2) is 4.39 Å². The van der Waals surface area contributed by atoms with Gasteiger partial charge >= 0.3 is 0 Å². The van der Waals surface area contributed by atoms with Gasteiger partial charge in [-0.15, -0.1) is 12.4 Å². The van der Waals surface area contributed by atoms with Gasteiger partial charge in [-0.05, 0) is 49.8 Å². The van der Waals surface area contributed by atoms with Crippen LogP contribution < -0.4 is 0 Å². The molecule has 1 aliphatic rings. The number of aromatic amines is 1. The molecule has 1 heterocycles. The number of hydrogen-bond acceptors (Lipinski definition) is 0. The van der Waals surface area contributed by atoms with Gasteiger partial charge in [-0.3, -0.25) is 0 Å². The molecule has 0 radical (unpaired) electrons. The lowest BCUT2D eigenvalue weighted by atomic mass is 9.94. The van der Waals surface area contributed by atoms with Crippen LogP contribution in [-0.4, -0.2) is 4.98 Å². The lowest BCUT2D eigenvalue weighted by Crippen LogP contribution is -2.00. The van der Waals surface area contributed by atoms with Crippen molar-refractivity contribution in [3.05, 3.63) is 34.8 Å². The van der Waals surface area contributed by atoms with Gasteiger partial charge < -0.3 is 4.98 Å². The van der Waals surface area contributed by atoms with Gasteiger partial charge in [0.1, 0.15) is 5.82 Å². The van der Waals surface area contributed by atoms with Crippen molar-refractivity contribution in [1.29, 1.82) is 0 Å². The number of benzene rings is 1. The monoisotopic (exact) mass is 239 g/mol. The first-order valence-corrected chi connectivity index (χ1v) is 5.56. The first-order valence-electron chi connectivity index (χ1n) is 5.56. The fourth-order valence-electron chi connectivity index (χ4n) is 2.66. The van der Waals surface area contributed by atoms with Crippen LogP contribution in [0, 0.1) is 12.7 Å². The summed E-state index contributed by atoms with van der Waals surface area (Å²) in [7, 11) is 0. The molecule has 1 aliphatic carbocycles. The maximum absolute atomic E-state index is 13.6. The van der Waals surface area contributed by atoms with Crippen molar-refractivity contribution in [1.82, 2.24) is 4.98 Å². The molecule has 0 amide bonds. The second-order valence-electron chi connectivity index (χ2n) is 4.40. The Morgan fingerprint density at radius 1 is 1.19 bits per heavy atom. The van der Waals surface area contributed by atoms with E-state index in [2.05, 4.69) is 11.9 Å². The maximum Gasteiger partial charge on any atom is 0.147 e. The molecule has 16 heavy (non-hydrogen) atoms. The maximum atomic E-state index is 13.6. The molecule has 3 rings (SSSR count). The Bertz CT molecular complexity index is 530. The lowest BCUT2D eigenvalue weighted by Gasteiger charge is -2.11. The van der Waals surface area contributed by atoms with E-state index in [4.69, 9.17) is 0 Å². The predicted molar refractivity (Wildman–Crippen MR) is 66.9 cm³/mol. The molecule has 0 saturated carbocycles. The number of rotatable bonds is 0. The normalized spacial score (nSPS) is 14.6. The van der Waals surface area contributed by atoms with Crippen LogP contribution in [0.4, 0.5) is 4.39 Å². The molecule has 86 valence electrons. The van der Waals surface area contributed by atoms with Crippen molar-refractivity contribution >= 4 is 23.3 Å². The number of nitrogens with one attached hydrogen (secondary N) is 1. The minimum absolute atomic E-state index is 0. The average Bonchev–Trinajstić information content (AvgIpc) is 2.64. The SMILES string of the molecule is Cc1ccc(F)c2[nH]c3c(c12)CCCC3.Cl. The Kier molecular flexibility index (Phi) is 2.94. The molecule has 0 aliphatic heterocycles. The smallest absolute Gasteiger partial charge is 0.147 e. The van der Waals surface area contributed by atoms with E-state index in [0.29, 0.717) is 5.52 Å². The van der Waals surface area contributed by atoms with E-state index in [1.54, 1.807) is 6.07 Å². The molecule has 1 nitrogen and oxygen atoms in total. The first kappa shape index (κ1) is 11.5. The molecule has 0 atom stereocenters. The van der Waals surface area contributed by atoms with Gasteiger partial charge in [-0.2, -0.15) is 0 Å². The molecule has 0 bridgehead atoms. The van der Waals surface area contributed by atoms with Gasteiger partial charge in [0.2, 0.25) is 0 Å². The summed E-state index contributed by atoms with van der Waals surface area (Å²) in [5.74, 6) is -0.120. The highest BCUT2D eigenvalue weighted by Crippen LogP contribution is 2.32. The van der Waals surface area contributed by atoms with Gasteiger partial charge in [0.05, 0.1) is 5.52 Å². The lowest BCUT2D eigenvalue weighted by molar-refractivity contribution is 0.636. The Morgan fingerprint density at radius 3 is 2.75 bits per heavy atom. The van der Waals surface area contributed by atoms with E-state index >= 15 is 0 Å². The summed E-state index contributed by atoms with van der Waals surface area (Å²) in [5, 5.41) is 1.13. The van der Waals surface area contributed by atoms with Crippen molar-refractivity contribution in [2.24, 2.45) is 0 Å². The average molecular weight is 240 g/mol. The van der Waals surface area contributed by atoms with Crippen LogP contribution in [0.3, 0.4) is 0 Å². The van der Waals surface area contributed by atoms with E-state index < -0.39 is 0 Å². The minimum Gasteiger partial charge on any atom is -0.356 e. The highest BCUT2D eigenvalue weighted by Gasteiger charge is 2.18. The summed E-state index contributed by atoms with van der Waals surface area (Å²) in [4.78, 5) is 3.25. The summed E-state index contributed by atoms with van der Waals surface area (Å²) in [6.45, 7) is 2.06. The zero-order valence-corrected chi connectivity index (χ0v) is 10.1. The summed E-state index contributed by atoms with van der Waals surface area (Å²) < 4.78 is 13.6. The molecular formula is C13H15ClFN. The van der Waals surface area contributed by atoms with E-state index in [9.17, 15) is 4.39 Å². The molecule has 1 aromatic heterocycles. The van der Waals surface area contributed by atoms with E-state index in [0.717, 1.165) is 18.2 Å². The number of halogens is 2. The summed E-state index contributed by atoms with van der Waals surface area (Å²) in [6.07, 6.45) is 4.62. The minimum atomic E-state index is -0.120. The second kappa shape index (κ2) is 4.10. The van der Waals surface area contributed by atoms with Crippen LogP contribution >= 0.6 is 12.4 Å². The Hall–Kier alpha value is -1.02. The standard InChI is InChI=1S/C13H14FN.ClH/c1-8-6-7-10(14)13-12(8)9-4-2-3-5-11(9)15-13;/h6-7,15H,2-5H2,1H3;1H. The Labute approximate surface area is 100 Å². The van der Waals surface area contributed by atoms with Crippen LogP contribution in [0.15, 0.2) is 12.1 Å². The second-order valence-corrected chi connectivity index (χ2v) is 4.40. The topological polar surface area (TPSA) is 15.8 Å². The Balaban J connectivity index is 0.000000963. The van der Waals surface area contributed by atoms with Crippen molar-refractivity contribution in [3.63, 3.8) is 0 Å². The predicted octanol–water partition coefficient (Wildman–Crippen LogP) is 3.92. The first-order chi connectivity index (χ1) is 7.27. The summed E-state index contributed by atoms with van der Waals surface area (Å²) in [6, 6.07) is 3.43. The van der Waals surface area contributed by atoms with Crippen LogP contribution in [0.2, 0.25) is 0 Å². The number of hydrogen-bond donors (Lipinski definition) is 1. The molecule has 0 spiro atoms. The third-order valence-electron chi connectivity index (χ3n) is 3.41. The van der Waals surface area contributed by atoms with Crippen molar-refractivity contribution in [3.8, 4) is 0 Å². The third-order valence-corrected chi connectivity index (χ3v) is 3.41. The van der Waals surface area contributed by atoms with Gasteiger partial charge in [-0.1, -0.05) is 6.07 Å². The largest absolute Gasteiger partial charge is 0.356 e. The zero-order chi connectivity index (χ0) is 10.4. The van der Waals surface area contributed by atoms with E-state index in [1.807, 2.05) is 6.07 Å². The molecule has 3 heteroatoms. The summed E-state index contributed by atoms with van der Waals surface area (Å²) in [5.41, 5.74) is 4.51. The molecule has 1 N–H and O–H groups in total. The van der Waals surface area contributed by atoms with Crippen LogP contribution in [0.5, 0.6) is 0 Å². The van der Waals surface area contributed by atoms with Crippen LogP contribution in [0.1, 0.15) is 29.7 Å². The molecular weight excluding hydrogens is 225 g/mol. The molecule has 0 unspecified atom stereocenters. The van der Waals surface area contributed by atoms with Gasteiger partial charge in [0.15, 0.2) is 0 Å². The van der Waals surface area contributed by atoms with E-state index in [1.165, 1.54) is 29.7 Å². The van der Waals surface area contributed by atoms with Crippen molar-refractivity contribution in [2.45, 2.75) is 32.6 Å².